The number of fused-ring (bicyclic) bond motifs is 1. The van der Waals surface area contributed by atoms with Crippen LogP contribution in [-0.2, 0) is 26.9 Å². The molecule has 2 N–H and O–H groups in total. The van der Waals surface area contributed by atoms with Crippen LogP contribution < -0.4 is 10.6 Å². The van der Waals surface area contributed by atoms with Crippen LogP contribution in [0.25, 0.3) is 0 Å². The van der Waals surface area contributed by atoms with E-state index in [1.54, 1.807) is 0 Å². The Morgan fingerprint density at radius 2 is 1.97 bits per heavy atom. The van der Waals surface area contributed by atoms with E-state index in [2.05, 4.69) is 10.6 Å². The molecule has 2 aromatic carbocycles. The number of benzene rings is 2. The zero-order chi connectivity index (χ0) is 22.6. The molecule has 0 saturated heterocycles. The number of nitrogens with one attached hydrogen (secondary N) is 2. The summed E-state index contributed by atoms with van der Waals surface area (Å²) in [5.41, 5.74) is 1.59. The molecule has 0 bridgehead atoms. The highest BCUT2D eigenvalue weighted by atomic mass is 19.4. The molecular weight excluding hydrogens is 409 g/mol. The molecule has 1 unspecified atom stereocenters. The minimum atomic E-state index is -4.50. The Bertz CT molecular complexity index is 973. The SMILES string of the molecule is CCCOC(=O)CCc1cccc(C2CC(=O)Nc3cc(C(F)(F)F)c(C)cc3N2)c1. The predicted octanol–water partition coefficient (Wildman–Crippen LogP) is 5.40. The molecular formula is C23H25F3N2O3. The predicted molar refractivity (Wildman–Crippen MR) is 112 cm³/mol. The average molecular weight is 434 g/mol. The highest BCUT2D eigenvalue weighted by Gasteiger charge is 2.34. The number of carbonyl (C=O) groups is 2. The van der Waals surface area contributed by atoms with Crippen molar-refractivity contribution in [3.05, 3.63) is 58.7 Å². The Kier molecular flexibility index (Phi) is 6.87. The molecule has 3 rings (SSSR count). The third-order valence-electron chi connectivity index (χ3n) is 5.10. The highest BCUT2D eigenvalue weighted by Crippen LogP contribution is 2.39. The summed E-state index contributed by atoms with van der Waals surface area (Å²) in [6, 6.07) is 9.45. The minimum absolute atomic E-state index is 0.0665. The summed E-state index contributed by atoms with van der Waals surface area (Å²) < 4.78 is 44.8. The zero-order valence-corrected chi connectivity index (χ0v) is 17.4. The molecule has 31 heavy (non-hydrogen) atoms. The van der Waals surface area contributed by atoms with Crippen molar-refractivity contribution in [3.63, 3.8) is 0 Å². The summed E-state index contributed by atoms with van der Waals surface area (Å²) in [5, 5.41) is 5.78. The van der Waals surface area contributed by atoms with Crippen molar-refractivity contribution >= 4 is 23.3 Å². The van der Waals surface area contributed by atoms with E-state index in [0.717, 1.165) is 23.6 Å². The first-order chi connectivity index (χ1) is 14.7. The Balaban J connectivity index is 1.80. The molecule has 8 heteroatoms. The van der Waals surface area contributed by atoms with E-state index in [0.29, 0.717) is 18.7 Å². The molecule has 1 aliphatic heterocycles. The van der Waals surface area contributed by atoms with Crippen LogP contribution in [0.2, 0.25) is 0 Å². The fourth-order valence-corrected chi connectivity index (χ4v) is 3.56. The lowest BCUT2D eigenvalue weighted by Crippen LogP contribution is -2.16. The zero-order valence-electron chi connectivity index (χ0n) is 17.4. The van der Waals surface area contributed by atoms with Gasteiger partial charge < -0.3 is 15.4 Å². The van der Waals surface area contributed by atoms with E-state index in [4.69, 9.17) is 4.74 Å². The number of ether oxygens (including phenoxy) is 1. The van der Waals surface area contributed by atoms with Crippen molar-refractivity contribution in [3.8, 4) is 0 Å². The van der Waals surface area contributed by atoms with Crippen LogP contribution in [0.5, 0.6) is 0 Å². The van der Waals surface area contributed by atoms with Crippen molar-refractivity contribution in [2.24, 2.45) is 0 Å². The van der Waals surface area contributed by atoms with Gasteiger partial charge in [-0.3, -0.25) is 9.59 Å². The summed E-state index contributed by atoms with van der Waals surface area (Å²) >= 11 is 0. The van der Waals surface area contributed by atoms with Gasteiger partial charge >= 0.3 is 12.1 Å². The molecule has 0 aromatic heterocycles. The topological polar surface area (TPSA) is 67.4 Å². The minimum Gasteiger partial charge on any atom is -0.466 e. The third kappa shape index (κ3) is 5.77. The van der Waals surface area contributed by atoms with Crippen LogP contribution in [0, 0.1) is 6.92 Å². The molecule has 0 aliphatic carbocycles. The lowest BCUT2D eigenvalue weighted by molar-refractivity contribution is -0.143. The summed E-state index contributed by atoms with van der Waals surface area (Å²) in [7, 11) is 0. The lowest BCUT2D eigenvalue weighted by atomic mass is 9.99. The number of amides is 1. The molecule has 1 amide bonds. The second-order valence-corrected chi connectivity index (χ2v) is 7.63. The summed E-state index contributed by atoms with van der Waals surface area (Å²) in [4.78, 5) is 24.1. The number of anilines is 2. The number of rotatable bonds is 6. The van der Waals surface area contributed by atoms with Gasteiger partial charge in [-0.05, 0) is 48.6 Å². The second-order valence-electron chi connectivity index (χ2n) is 7.63. The van der Waals surface area contributed by atoms with Crippen molar-refractivity contribution in [2.75, 3.05) is 17.2 Å². The van der Waals surface area contributed by atoms with E-state index in [1.807, 2.05) is 31.2 Å². The summed E-state index contributed by atoms with van der Waals surface area (Å²) in [6.07, 6.45) is -2.91. The Morgan fingerprint density at radius 3 is 2.68 bits per heavy atom. The highest BCUT2D eigenvalue weighted by molar-refractivity contribution is 5.97. The fraction of sp³-hybridized carbons (Fsp3) is 0.391. The molecule has 166 valence electrons. The van der Waals surface area contributed by atoms with Crippen molar-refractivity contribution in [1.82, 2.24) is 0 Å². The van der Waals surface area contributed by atoms with Crippen LogP contribution in [0.4, 0.5) is 24.5 Å². The van der Waals surface area contributed by atoms with Crippen LogP contribution in [0.3, 0.4) is 0 Å². The van der Waals surface area contributed by atoms with Gasteiger partial charge in [0.25, 0.3) is 0 Å². The smallest absolute Gasteiger partial charge is 0.416 e. The first-order valence-corrected chi connectivity index (χ1v) is 10.2. The van der Waals surface area contributed by atoms with E-state index >= 15 is 0 Å². The average Bonchev–Trinajstić information content (AvgIpc) is 2.87. The van der Waals surface area contributed by atoms with E-state index < -0.39 is 17.8 Å². The van der Waals surface area contributed by atoms with Gasteiger partial charge in [0, 0.05) is 6.42 Å². The van der Waals surface area contributed by atoms with Gasteiger partial charge in [0.15, 0.2) is 0 Å². The number of alkyl halides is 3. The Hall–Kier alpha value is -3.03. The largest absolute Gasteiger partial charge is 0.466 e. The normalized spacial score (nSPS) is 16.0. The van der Waals surface area contributed by atoms with Gasteiger partial charge in [0.2, 0.25) is 5.91 Å². The molecule has 1 atom stereocenters. The van der Waals surface area contributed by atoms with Crippen LogP contribution in [0.1, 0.15) is 54.5 Å². The first-order valence-electron chi connectivity index (χ1n) is 10.2. The third-order valence-corrected chi connectivity index (χ3v) is 5.10. The molecule has 1 heterocycles. The van der Waals surface area contributed by atoms with Gasteiger partial charge in [0.1, 0.15) is 0 Å². The molecule has 2 aromatic rings. The van der Waals surface area contributed by atoms with Gasteiger partial charge in [-0.1, -0.05) is 31.2 Å². The number of aryl methyl sites for hydroxylation is 2. The van der Waals surface area contributed by atoms with E-state index in [-0.39, 0.29) is 36.0 Å². The number of hydrogen-bond acceptors (Lipinski definition) is 4. The second kappa shape index (κ2) is 9.41. The Morgan fingerprint density at radius 1 is 1.19 bits per heavy atom. The molecule has 0 fully saturated rings. The lowest BCUT2D eigenvalue weighted by Gasteiger charge is -2.20. The molecule has 5 nitrogen and oxygen atoms in total. The van der Waals surface area contributed by atoms with Crippen LogP contribution in [-0.4, -0.2) is 18.5 Å². The van der Waals surface area contributed by atoms with Crippen molar-refractivity contribution in [2.45, 2.75) is 51.7 Å². The molecule has 0 saturated carbocycles. The van der Waals surface area contributed by atoms with Crippen molar-refractivity contribution in [1.29, 1.82) is 0 Å². The maximum Gasteiger partial charge on any atom is 0.416 e. The quantitative estimate of drug-likeness (QED) is 0.598. The van der Waals surface area contributed by atoms with Gasteiger partial charge in [-0.15, -0.1) is 0 Å². The Labute approximate surface area is 179 Å². The summed E-state index contributed by atoms with van der Waals surface area (Å²) in [5.74, 6) is -0.633. The molecule has 1 aliphatic rings. The standard InChI is InChI=1S/C23H25F3N2O3/c1-3-9-31-22(30)8-7-15-5-4-6-16(11-15)18-13-21(29)28-20-12-17(23(24,25)26)14(2)10-19(20)27-18/h4-6,10-12,18,27H,3,7-9,13H2,1-2H3,(H,28,29). The van der Waals surface area contributed by atoms with Gasteiger partial charge in [0.05, 0.1) is 36.0 Å². The maximum atomic E-state index is 13.2. The molecule has 0 radical (unpaired) electrons. The van der Waals surface area contributed by atoms with Gasteiger partial charge in [-0.2, -0.15) is 13.2 Å². The fourth-order valence-electron chi connectivity index (χ4n) is 3.56. The number of hydrogen-bond donors (Lipinski definition) is 2. The number of esters is 1. The first kappa shape index (κ1) is 22.7. The van der Waals surface area contributed by atoms with Crippen molar-refractivity contribution < 1.29 is 27.5 Å². The van der Waals surface area contributed by atoms with Crippen LogP contribution >= 0.6 is 0 Å². The number of halogens is 3. The molecule has 0 spiro atoms. The number of carbonyl (C=O) groups excluding carboxylic acids is 2. The summed E-state index contributed by atoms with van der Waals surface area (Å²) in [6.45, 7) is 3.72. The monoisotopic (exact) mass is 434 g/mol. The maximum absolute atomic E-state index is 13.2. The van der Waals surface area contributed by atoms with Crippen LogP contribution in [0.15, 0.2) is 36.4 Å². The van der Waals surface area contributed by atoms with Gasteiger partial charge in [-0.25, -0.2) is 0 Å². The van der Waals surface area contributed by atoms with E-state index in [1.165, 1.54) is 13.0 Å². The van der Waals surface area contributed by atoms with E-state index in [9.17, 15) is 22.8 Å².